The first-order valence-electron chi connectivity index (χ1n) is 5.65. The predicted octanol–water partition coefficient (Wildman–Crippen LogP) is 2.00. The van der Waals surface area contributed by atoms with Crippen molar-refractivity contribution in [3.05, 3.63) is 35.4 Å². The second-order valence-electron chi connectivity index (χ2n) is 3.68. The zero-order chi connectivity index (χ0) is 12.7. The Hall–Kier alpha value is -1.84. The monoisotopic (exact) mass is 235 g/mol. The van der Waals surface area contributed by atoms with E-state index in [2.05, 4.69) is 17.0 Å². The molecular formula is C13H17NO3. The topological polar surface area (TPSA) is 55.4 Å². The molecule has 0 atom stereocenters. The molecule has 0 aliphatic heterocycles. The van der Waals surface area contributed by atoms with Gasteiger partial charge in [-0.2, -0.15) is 0 Å². The molecule has 0 radical (unpaired) electrons. The summed E-state index contributed by atoms with van der Waals surface area (Å²) in [5, 5.41) is 2.79. The highest BCUT2D eigenvalue weighted by Crippen LogP contribution is 2.06. The van der Waals surface area contributed by atoms with Crippen molar-refractivity contribution in [2.75, 3.05) is 13.7 Å². The Morgan fingerprint density at radius 2 is 2.00 bits per heavy atom. The van der Waals surface area contributed by atoms with Gasteiger partial charge in [0.15, 0.2) is 0 Å². The van der Waals surface area contributed by atoms with Gasteiger partial charge in [0.2, 0.25) is 0 Å². The SMILES string of the molecule is CCCCNC(=O)c1cccc(C(=O)OC)c1. The molecule has 0 unspecified atom stereocenters. The number of carbonyl (C=O) groups is 2. The maximum Gasteiger partial charge on any atom is 0.337 e. The molecule has 17 heavy (non-hydrogen) atoms. The van der Waals surface area contributed by atoms with Crippen molar-refractivity contribution in [1.29, 1.82) is 0 Å². The molecule has 0 bridgehead atoms. The molecule has 4 nitrogen and oxygen atoms in total. The van der Waals surface area contributed by atoms with Crippen molar-refractivity contribution in [2.45, 2.75) is 19.8 Å². The highest BCUT2D eigenvalue weighted by atomic mass is 16.5. The first-order valence-corrected chi connectivity index (χ1v) is 5.65. The number of hydrogen-bond donors (Lipinski definition) is 1. The van der Waals surface area contributed by atoms with Crippen molar-refractivity contribution in [3.8, 4) is 0 Å². The average molecular weight is 235 g/mol. The third-order valence-corrected chi connectivity index (χ3v) is 2.36. The van der Waals surface area contributed by atoms with E-state index in [0.717, 1.165) is 12.8 Å². The van der Waals surface area contributed by atoms with E-state index in [4.69, 9.17) is 0 Å². The minimum Gasteiger partial charge on any atom is -0.465 e. The van der Waals surface area contributed by atoms with Gasteiger partial charge in [-0.1, -0.05) is 19.4 Å². The summed E-state index contributed by atoms with van der Waals surface area (Å²) in [5.41, 5.74) is 0.861. The molecule has 0 fully saturated rings. The van der Waals surface area contributed by atoms with Crippen LogP contribution in [-0.4, -0.2) is 25.5 Å². The Bertz CT molecular complexity index is 401. The molecule has 4 heteroatoms. The van der Waals surface area contributed by atoms with Gasteiger partial charge in [0.05, 0.1) is 12.7 Å². The molecule has 1 aromatic rings. The van der Waals surface area contributed by atoms with Crippen LogP contribution in [0.3, 0.4) is 0 Å². The minimum absolute atomic E-state index is 0.163. The molecule has 0 aliphatic rings. The Morgan fingerprint density at radius 1 is 1.29 bits per heavy atom. The Kier molecular flexibility index (Phi) is 5.20. The van der Waals surface area contributed by atoms with E-state index in [9.17, 15) is 9.59 Å². The van der Waals surface area contributed by atoms with Crippen LogP contribution in [0.25, 0.3) is 0 Å². The van der Waals surface area contributed by atoms with Gasteiger partial charge >= 0.3 is 5.97 Å². The molecular weight excluding hydrogens is 218 g/mol. The fourth-order valence-electron chi connectivity index (χ4n) is 1.39. The Balaban J connectivity index is 2.70. The van der Waals surface area contributed by atoms with E-state index in [0.29, 0.717) is 17.7 Å². The number of hydrogen-bond acceptors (Lipinski definition) is 3. The van der Waals surface area contributed by atoms with Crippen LogP contribution < -0.4 is 5.32 Å². The van der Waals surface area contributed by atoms with Gasteiger partial charge in [-0.3, -0.25) is 4.79 Å². The molecule has 0 heterocycles. The van der Waals surface area contributed by atoms with Crippen LogP contribution in [-0.2, 0) is 4.74 Å². The largest absolute Gasteiger partial charge is 0.465 e. The minimum atomic E-state index is -0.437. The second-order valence-corrected chi connectivity index (χ2v) is 3.68. The Morgan fingerprint density at radius 3 is 2.65 bits per heavy atom. The summed E-state index contributed by atoms with van der Waals surface area (Å²) in [4.78, 5) is 23.0. The van der Waals surface area contributed by atoms with Gasteiger partial charge in [-0.15, -0.1) is 0 Å². The summed E-state index contributed by atoms with van der Waals surface area (Å²) in [6.07, 6.45) is 1.98. The third-order valence-electron chi connectivity index (χ3n) is 2.36. The summed E-state index contributed by atoms with van der Waals surface area (Å²) in [6, 6.07) is 6.50. The van der Waals surface area contributed by atoms with Crippen molar-refractivity contribution >= 4 is 11.9 Å². The third kappa shape index (κ3) is 3.90. The van der Waals surface area contributed by atoms with Crippen molar-refractivity contribution < 1.29 is 14.3 Å². The van der Waals surface area contributed by atoms with Gasteiger partial charge in [0, 0.05) is 12.1 Å². The van der Waals surface area contributed by atoms with Crippen molar-refractivity contribution in [2.24, 2.45) is 0 Å². The number of nitrogens with one attached hydrogen (secondary N) is 1. The lowest BCUT2D eigenvalue weighted by atomic mass is 10.1. The second kappa shape index (κ2) is 6.68. The van der Waals surface area contributed by atoms with Crippen LogP contribution in [0.15, 0.2) is 24.3 Å². The molecule has 1 aromatic carbocycles. The van der Waals surface area contributed by atoms with Crippen LogP contribution >= 0.6 is 0 Å². The van der Waals surface area contributed by atoms with Crippen LogP contribution in [0.5, 0.6) is 0 Å². The summed E-state index contributed by atoms with van der Waals surface area (Å²) < 4.78 is 4.60. The van der Waals surface area contributed by atoms with Crippen molar-refractivity contribution in [3.63, 3.8) is 0 Å². The number of benzene rings is 1. The number of rotatable bonds is 5. The fraction of sp³-hybridized carbons (Fsp3) is 0.385. The molecule has 0 saturated heterocycles. The normalized spacial score (nSPS) is 9.76. The molecule has 0 saturated carbocycles. The Labute approximate surface area is 101 Å². The van der Waals surface area contributed by atoms with Gasteiger partial charge in [0.25, 0.3) is 5.91 Å². The molecule has 0 aromatic heterocycles. The number of methoxy groups -OCH3 is 1. The lowest BCUT2D eigenvalue weighted by molar-refractivity contribution is 0.0600. The lowest BCUT2D eigenvalue weighted by Crippen LogP contribution is -2.24. The summed E-state index contributed by atoms with van der Waals surface area (Å²) in [5.74, 6) is -0.600. The average Bonchev–Trinajstić information content (AvgIpc) is 2.38. The summed E-state index contributed by atoms with van der Waals surface area (Å²) in [6.45, 7) is 2.71. The van der Waals surface area contributed by atoms with E-state index < -0.39 is 5.97 Å². The van der Waals surface area contributed by atoms with Gasteiger partial charge in [-0.05, 0) is 24.6 Å². The van der Waals surface area contributed by atoms with E-state index in [1.807, 2.05) is 0 Å². The molecule has 92 valence electrons. The molecule has 0 aliphatic carbocycles. The highest BCUT2D eigenvalue weighted by molar-refractivity contribution is 5.97. The van der Waals surface area contributed by atoms with Crippen LogP contribution in [0.4, 0.5) is 0 Å². The predicted molar refractivity (Wildman–Crippen MR) is 65.0 cm³/mol. The standard InChI is InChI=1S/C13H17NO3/c1-3-4-8-14-12(15)10-6-5-7-11(9-10)13(16)17-2/h5-7,9H,3-4,8H2,1-2H3,(H,14,15). The van der Waals surface area contributed by atoms with E-state index in [1.54, 1.807) is 18.2 Å². The first-order chi connectivity index (χ1) is 8.19. The van der Waals surface area contributed by atoms with E-state index >= 15 is 0 Å². The molecule has 1 amide bonds. The maximum absolute atomic E-state index is 11.7. The fourth-order valence-corrected chi connectivity index (χ4v) is 1.39. The van der Waals surface area contributed by atoms with Gasteiger partial charge in [-0.25, -0.2) is 4.79 Å². The zero-order valence-electron chi connectivity index (χ0n) is 10.2. The smallest absolute Gasteiger partial charge is 0.337 e. The zero-order valence-corrected chi connectivity index (χ0v) is 10.2. The highest BCUT2D eigenvalue weighted by Gasteiger charge is 2.09. The first kappa shape index (κ1) is 13.2. The van der Waals surface area contributed by atoms with Crippen LogP contribution in [0, 0.1) is 0 Å². The molecule has 0 spiro atoms. The van der Waals surface area contributed by atoms with Gasteiger partial charge < -0.3 is 10.1 Å². The van der Waals surface area contributed by atoms with E-state index in [-0.39, 0.29) is 5.91 Å². The van der Waals surface area contributed by atoms with Gasteiger partial charge in [0.1, 0.15) is 0 Å². The number of esters is 1. The number of amides is 1. The quantitative estimate of drug-likeness (QED) is 0.627. The molecule has 1 rings (SSSR count). The maximum atomic E-state index is 11.7. The lowest BCUT2D eigenvalue weighted by Gasteiger charge is -2.05. The molecule has 1 N–H and O–H groups in total. The van der Waals surface area contributed by atoms with E-state index in [1.165, 1.54) is 13.2 Å². The van der Waals surface area contributed by atoms with Crippen LogP contribution in [0.2, 0.25) is 0 Å². The number of carbonyl (C=O) groups excluding carboxylic acids is 2. The van der Waals surface area contributed by atoms with Crippen molar-refractivity contribution in [1.82, 2.24) is 5.32 Å². The number of unbranched alkanes of at least 4 members (excludes halogenated alkanes) is 1. The summed E-state index contributed by atoms with van der Waals surface area (Å²) in [7, 11) is 1.32. The van der Waals surface area contributed by atoms with Crippen LogP contribution in [0.1, 0.15) is 40.5 Å². The number of ether oxygens (including phenoxy) is 1. The summed E-state index contributed by atoms with van der Waals surface area (Å²) >= 11 is 0.